The van der Waals surface area contributed by atoms with Crippen LogP contribution in [0.2, 0.25) is 0 Å². The fraction of sp³-hybridized carbons (Fsp3) is 0.600. The summed E-state index contributed by atoms with van der Waals surface area (Å²) < 4.78 is 23.6. The molecule has 7 nitrogen and oxygen atoms in total. The van der Waals surface area contributed by atoms with Crippen LogP contribution >= 0.6 is 0 Å². The molecule has 23 heavy (non-hydrogen) atoms. The van der Waals surface area contributed by atoms with Crippen molar-refractivity contribution in [1.82, 2.24) is 9.88 Å². The van der Waals surface area contributed by atoms with Gasteiger partial charge in [-0.05, 0) is 25.0 Å². The van der Waals surface area contributed by atoms with Crippen molar-refractivity contribution in [3.05, 3.63) is 24.4 Å². The summed E-state index contributed by atoms with van der Waals surface area (Å²) in [4.78, 5) is 12.9. The van der Waals surface area contributed by atoms with Gasteiger partial charge in [-0.1, -0.05) is 6.07 Å². The number of piperazine rings is 1. The van der Waals surface area contributed by atoms with Crippen molar-refractivity contribution in [3.63, 3.8) is 0 Å². The maximum atomic E-state index is 11.8. The third kappa shape index (κ3) is 3.74. The summed E-state index contributed by atoms with van der Waals surface area (Å²) in [5.41, 5.74) is 6.05. The average Bonchev–Trinajstić information content (AvgIpc) is 2.92. The number of hydrogen-bond donors (Lipinski definition) is 1. The van der Waals surface area contributed by atoms with E-state index in [-0.39, 0.29) is 17.5 Å². The van der Waals surface area contributed by atoms with Crippen molar-refractivity contribution in [2.45, 2.75) is 18.1 Å². The molecule has 3 heterocycles. The Morgan fingerprint density at radius 2 is 2.09 bits per heavy atom. The minimum absolute atomic E-state index is 0.286. The van der Waals surface area contributed by atoms with Gasteiger partial charge >= 0.3 is 0 Å². The van der Waals surface area contributed by atoms with Gasteiger partial charge in [-0.2, -0.15) is 0 Å². The Labute approximate surface area is 137 Å². The van der Waals surface area contributed by atoms with Crippen LogP contribution in [0.4, 0.5) is 5.82 Å². The van der Waals surface area contributed by atoms with Crippen LogP contribution in [-0.4, -0.2) is 68.0 Å². The number of sulfone groups is 1. The Bertz CT molecular complexity index is 654. The Kier molecular flexibility index (Phi) is 4.70. The molecule has 2 fully saturated rings. The predicted molar refractivity (Wildman–Crippen MR) is 91.3 cm³/mol. The van der Waals surface area contributed by atoms with Crippen LogP contribution in [0.25, 0.3) is 0 Å². The second-order valence-electron chi connectivity index (χ2n) is 5.99. The summed E-state index contributed by atoms with van der Waals surface area (Å²) in [6.07, 6.45) is 3.23. The molecule has 0 saturated carbocycles. The lowest BCUT2D eigenvalue weighted by atomic mass is 10.2. The molecule has 8 heteroatoms. The van der Waals surface area contributed by atoms with Gasteiger partial charge in [0, 0.05) is 32.4 Å². The third-order valence-electron chi connectivity index (χ3n) is 4.50. The van der Waals surface area contributed by atoms with Gasteiger partial charge < -0.3 is 15.5 Å². The molecule has 1 aromatic rings. The van der Waals surface area contributed by atoms with E-state index in [0.717, 1.165) is 38.4 Å². The number of anilines is 1. The lowest BCUT2D eigenvalue weighted by Gasteiger charge is -2.36. The quantitative estimate of drug-likeness (QED) is 0.621. The smallest absolute Gasteiger partial charge is 0.191 e. The molecule has 0 radical (unpaired) electrons. The van der Waals surface area contributed by atoms with E-state index in [2.05, 4.69) is 14.9 Å². The molecular formula is C15H23N5O2S. The van der Waals surface area contributed by atoms with Crippen molar-refractivity contribution in [1.29, 1.82) is 0 Å². The first-order chi connectivity index (χ1) is 11.1. The molecule has 0 aliphatic carbocycles. The van der Waals surface area contributed by atoms with Crippen LogP contribution in [-0.2, 0) is 9.84 Å². The first-order valence-corrected chi connectivity index (χ1v) is 9.70. The second kappa shape index (κ2) is 6.74. The number of hydrogen-bond acceptors (Lipinski definition) is 5. The zero-order valence-corrected chi connectivity index (χ0v) is 14.0. The van der Waals surface area contributed by atoms with Crippen LogP contribution in [0.1, 0.15) is 12.8 Å². The van der Waals surface area contributed by atoms with E-state index in [9.17, 15) is 8.42 Å². The molecule has 1 unspecified atom stereocenters. The largest absolute Gasteiger partial charge is 0.370 e. The van der Waals surface area contributed by atoms with Gasteiger partial charge in [0.15, 0.2) is 15.8 Å². The molecule has 2 aliphatic rings. The van der Waals surface area contributed by atoms with Gasteiger partial charge in [0.1, 0.15) is 5.82 Å². The average molecular weight is 337 g/mol. The molecule has 0 spiro atoms. The predicted octanol–water partition coefficient (Wildman–Crippen LogP) is 0.0955. The number of aromatic nitrogens is 1. The highest BCUT2D eigenvalue weighted by Crippen LogP contribution is 2.20. The fourth-order valence-electron chi connectivity index (χ4n) is 3.06. The minimum Gasteiger partial charge on any atom is -0.370 e. The van der Waals surface area contributed by atoms with Crippen LogP contribution < -0.4 is 10.6 Å². The number of guanidine groups is 1. The van der Waals surface area contributed by atoms with Crippen molar-refractivity contribution < 1.29 is 8.42 Å². The van der Waals surface area contributed by atoms with Gasteiger partial charge in [-0.25, -0.2) is 13.4 Å². The topological polar surface area (TPSA) is 91.9 Å². The summed E-state index contributed by atoms with van der Waals surface area (Å²) in [6, 6.07) is 5.88. The molecule has 0 amide bonds. The molecular weight excluding hydrogens is 314 g/mol. The van der Waals surface area contributed by atoms with Gasteiger partial charge in [0.25, 0.3) is 0 Å². The number of aliphatic imine (C=N–C) groups is 1. The lowest BCUT2D eigenvalue weighted by molar-refractivity contribution is 0.379. The summed E-state index contributed by atoms with van der Waals surface area (Å²) >= 11 is 0. The van der Waals surface area contributed by atoms with Gasteiger partial charge in [0.05, 0.1) is 17.5 Å². The SMILES string of the molecule is NC(=NCC1CCCS1(=O)=O)N1CCN(c2ccccn2)CC1. The van der Waals surface area contributed by atoms with Crippen molar-refractivity contribution in [3.8, 4) is 0 Å². The van der Waals surface area contributed by atoms with E-state index in [1.165, 1.54) is 0 Å². The monoisotopic (exact) mass is 337 g/mol. The first-order valence-electron chi connectivity index (χ1n) is 7.99. The van der Waals surface area contributed by atoms with Gasteiger partial charge in [-0.15, -0.1) is 0 Å². The van der Waals surface area contributed by atoms with E-state index in [4.69, 9.17) is 5.73 Å². The standard InChI is InChI=1S/C15H23N5O2S/c16-15(18-12-13-4-3-11-23(13,21)22)20-9-7-19(8-10-20)14-5-1-2-6-17-14/h1-2,5-6,13H,3-4,7-12H2,(H2,16,18). The molecule has 1 atom stereocenters. The molecule has 0 bridgehead atoms. The van der Waals surface area contributed by atoms with E-state index >= 15 is 0 Å². The van der Waals surface area contributed by atoms with E-state index in [1.54, 1.807) is 6.20 Å². The second-order valence-corrected chi connectivity index (χ2v) is 8.39. The number of nitrogens with two attached hydrogens (primary N) is 1. The van der Waals surface area contributed by atoms with Crippen LogP contribution in [0, 0.1) is 0 Å². The van der Waals surface area contributed by atoms with E-state index < -0.39 is 9.84 Å². The van der Waals surface area contributed by atoms with Gasteiger partial charge in [-0.3, -0.25) is 4.99 Å². The van der Waals surface area contributed by atoms with Gasteiger partial charge in [0.2, 0.25) is 0 Å². The highest BCUT2D eigenvalue weighted by molar-refractivity contribution is 7.92. The summed E-state index contributed by atoms with van der Waals surface area (Å²) in [5, 5.41) is -0.351. The molecule has 2 N–H and O–H groups in total. The highest BCUT2D eigenvalue weighted by Gasteiger charge is 2.31. The molecule has 0 aromatic carbocycles. The fourth-order valence-corrected chi connectivity index (χ4v) is 4.79. The van der Waals surface area contributed by atoms with E-state index in [0.29, 0.717) is 12.4 Å². The minimum atomic E-state index is -2.96. The van der Waals surface area contributed by atoms with E-state index in [1.807, 2.05) is 23.1 Å². The highest BCUT2D eigenvalue weighted by atomic mass is 32.2. The molecule has 2 aliphatic heterocycles. The number of pyridine rings is 1. The Hall–Kier alpha value is -1.83. The maximum Gasteiger partial charge on any atom is 0.191 e. The van der Waals surface area contributed by atoms with Crippen molar-refractivity contribution >= 4 is 21.6 Å². The Balaban J connectivity index is 1.54. The lowest BCUT2D eigenvalue weighted by Crippen LogP contribution is -2.51. The summed E-state index contributed by atoms with van der Waals surface area (Å²) in [5.74, 6) is 1.71. The summed E-state index contributed by atoms with van der Waals surface area (Å²) in [6.45, 7) is 3.48. The normalized spacial score (nSPS) is 24.9. The molecule has 126 valence electrons. The van der Waals surface area contributed by atoms with Crippen LogP contribution in [0.15, 0.2) is 29.4 Å². The zero-order chi connectivity index (χ0) is 16.3. The Morgan fingerprint density at radius 3 is 2.70 bits per heavy atom. The van der Waals surface area contributed by atoms with Crippen LogP contribution in [0.5, 0.6) is 0 Å². The molecule has 3 rings (SSSR count). The maximum absolute atomic E-state index is 11.8. The third-order valence-corrected chi connectivity index (χ3v) is 6.75. The first kappa shape index (κ1) is 16.0. The summed E-state index contributed by atoms with van der Waals surface area (Å²) in [7, 11) is -2.96. The van der Waals surface area contributed by atoms with Crippen LogP contribution in [0.3, 0.4) is 0 Å². The molecule has 2 saturated heterocycles. The zero-order valence-electron chi connectivity index (χ0n) is 13.1. The Morgan fingerprint density at radius 1 is 1.30 bits per heavy atom. The molecule has 1 aromatic heterocycles. The number of nitrogens with zero attached hydrogens (tertiary/aromatic N) is 4. The number of rotatable bonds is 3. The van der Waals surface area contributed by atoms with Crippen molar-refractivity contribution in [2.24, 2.45) is 10.7 Å². The van der Waals surface area contributed by atoms with Crippen molar-refractivity contribution in [2.75, 3.05) is 43.4 Å².